The van der Waals surface area contributed by atoms with E-state index in [1.807, 2.05) is 0 Å². The van der Waals surface area contributed by atoms with Gasteiger partial charge in [0.05, 0.1) is 12.2 Å². The van der Waals surface area contributed by atoms with Crippen LogP contribution in [0.1, 0.15) is 65.7 Å². The average molecular weight is 348 g/mol. The summed E-state index contributed by atoms with van der Waals surface area (Å²) in [7, 11) is 0. The molecular weight excluding hydrogens is 316 g/mol. The molecule has 0 radical (unpaired) electrons. The Morgan fingerprint density at radius 1 is 1.12 bits per heavy atom. The molecule has 4 nitrogen and oxygen atoms in total. The molecule has 0 aromatic rings. The van der Waals surface area contributed by atoms with E-state index in [0.29, 0.717) is 19.3 Å². The number of carbonyl (C=O) groups excluding carboxylic acids is 2. The SMILES string of the molecule is CC(=O)[C@@H]1CC[C@@H]2[C@@H]3C(=O)C[C@H]4C[C@H](O)CC[C@]4(C)[C@H]3[C@H](O)C[C@@]21C. The van der Waals surface area contributed by atoms with E-state index in [4.69, 9.17) is 0 Å². The van der Waals surface area contributed by atoms with Gasteiger partial charge in [0.25, 0.3) is 0 Å². The van der Waals surface area contributed by atoms with Crippen LogP contribution in [-0.2, 0) is 9.59 Å². The number of aliphatic hydroxyl groups excluding tert-OH is 2. The summed E-state index contributed by atoms with van der Waals surface area (Å²) in [5.74, 6) is 0.787. The summed E-state index contributed by atoms with van der Waals surface area (Å²) in [6, 6.07) is 0. The number of carbonyl (C=O) groups is 2. The van der Waals surface area contributed by atoms with Crippen molar-refractivity contribution in [2.24, 2.45) is 40.4 Å². The van der Waals surface area contributed by atoms with Crippen LogP contribution in [0.15, 0.2) is 0 Å². The second-order valence-electron chi connectivity index (χ2n) is 9.98. The Bertz CT molecular complexity index is 601. The van der Waals surface area contributed by atoms with Crippen LogP contribution in [0.3, 0.4) is 0 Å². The molecule has 0 amide bonds. The molecule has 0 heterocycles. The van der Waals surface area contributed by atoms with Gasteiger partial charge in [0.15, 0.2) is 0 Å². The normalized spacial score (nSPS) is 55.2. The molecule has 4 aliphatic carbocycles. The molecule has 0 aromatic heterocycles. The molecule has 140 valence electrons. The average Bonchev–Trinajstić information content (AvgIpc) is 2.85. The van der Waals surface area contributed by atoms with Gasteiger partial charge in [0.1, 0.15) is 11.6 Å². The molecule has 4 rings (SSSR count). The molecule has 2 N–H and O–H groups in total. The zero-order chi connectivity index (χ0) is 18.1. The van der Waals surface area contributed by atoms with Gasteiger partial charge in [-0.05, 0) is 68.1 Å². The third-order valence-corrected chi connectivity index (χ3v) is 8.87. The lowest BCUT2D eigenvalue weighted by atomic mass is 9.43. The zero-order valence-electron chi connectivity index (χ0n) is 15.7. The number of rotatable bonds is 1. The van der Waals surface area contributed by atoms with E-state index in [1.54, 1.807) is 6.92 Å². The van der Waals surface area contributed by atoms with E-state index >= 15 is 0 Å². The molecule has 0 bridgehead atoms. The molecule has 0 aliphatic heterocycles. The lowest BCUT2D eigenvalue weighted by molar-refractivity contribution is -0.185. The number of aliphatic hydroxyl groups is 2. The lowest BCUT2D eigenvalue weighted by Gasteiger charge is -2.61. The Labute approximate surface area is 150 Å². The number of Topliss-reactive ketones (excluding diaryl/α,β-unsaturated/α-hetero) is 2. The van der Waals surface area contributed by atoms with Crippen LogP contribution >= 0.6 is 0 Å². The first-order valence-electron chi connectivity index (χ1n) is 10.1. The van der Waals surface area contributed by atoms with E-state index in [9.17, 15) is 19.8 Å². The highest BCUT2D eigenvalue weighted by atomic mass is 16.3. The van der Waals surface area contributed by atoms with Crippen LogP contribution in [0, 0.1) is 40.4 Å². The summed E-state index contributed by atoms with van der Waals surface area (Å²) in [5.41, 5.74) is -0.299. The quantitative estimate of drug-likeness (QED) is 0.764. The van der Waals surface area contributed by atoms with Crippen LogP contribution in [0.5, 0.6) is 0 Å². The van der Waals surface area contributed by atoms with Crippen molar-refractivity contribution in [2.75, 3.05) is 0 Å². The van der Waals surface area contributed by atoms with Crippen molar-refractivity contribution in [3.8, 4) is 0 Å². The highest BCUT2D eigenvalue weighted by Crippen LogP contribution is 2.66. The van der Waals surface area contributed by atoms with Crippen LogP contribution in [0.4, 0.5) is 0 Å². The second kappa shape index (κ2) is 5.63. The summed E-state index contributed by atoms with van der Waals surface area (Å²) < 4.78 is 0. The van der Waals surface area contributed by atoms with Gasteiger partial charge in [-0.2, -0.15) is 0 Å². The fraction of sp³-hybridized carbons (Fsp3) is 0.905. The molecule has 4 heteroatoms. The standard InChI is InChI=1S/C21H32O4/c1-11(22)14-4-5-15-18-16(24)9-12-8-13(23)6-7-20(12,2)19(18)17(25)10-21(14,15)3/h12-15,17-19,23,25H,4-10H2,1-3H3/t12-,13-,14+,15-,17-,18-,19+,20+,21-/m1/s1. The summed E-state index contributed by atoms with van der Waals surface area (Å²) in [6.45, 7) is 6.05. The fourth-order valence-corrected chi connectivity index (χ4v) is 7.69. The first-order chi connectivity index (χ1) is 11.7. The molecular formula is C21H32O4. The smallest absolute Gasteiger partial charge is 0.136 e. The van der Waals surface area contributed by atoms with E-state index in [2.05, 4.69) is 13.8 Å². The van der Waals surface area contributed by atoms with E-state index < -0.39 is 6.10 Å². The highest BCUT2D eigenvalue weighted by Gasteiger charge is 2.65. The first kappa shape index (κ1) is 17.7. The summed E-state index contributed by atoms with van der Waals surface area (Å²) in [6.07, 6.45) is 4.51. The Hall–Kier alpha value is -0.740. The minimum absolute atomic E-state index is 0.00460. The van der Waals surface area contributed by atoms with Gasteiger partial charge in [0, 0.05) is 24.2 Å². The van der Waals surface area contributed by atoms with Crippen molar-refractivity contribution in [3.05, 3.63) is 0 Å². The van der Waals surface area contributed by atoms with Crippen molar-refractivity contribution in [2.45, 2.75) is 77.9 Å². The lowest BCUT2D eigenvalue weighted by Crippen LogP contribution is -2.62. The largest absolute Gasteiger partial charge is 0.393 e. The van der Waals surface area contributed by atoms with Gasteiger partial charge in [-0.3, -0.25) is 9.59 Å². The monoisotopic (exact) mass is 348 g/mol. The summed E-state index contributed by atoms with van der Waals surface area (Å²) in [4.78, 5) is 25.3. The number of hydrogen-bond acceptors (Lipinski definition) is 4. The highest BCUT2D eigenvalue weighted by molar-refractivity contribution is 5.84. The van der Waals surface area contributed by atoms with Gasteiger partial charge < -0.3 is 10.2 Å². The van der Waals surface area contributed by atoms with E-state index in [0.717, 1.165) is 25.7 Å². The van der Waals surface area contributed by atoms with Crippen molar-refractivity contribution in [1.29, 1.82) is 0 Å². The summed E-state index contributed by atoms with van der Waals surface area (Å²) in [5, 5.41) is 21.3. The maximum absolute atomic E-state index is 13.2. The Kier molecular flexibility index (Phi) is 3.98. The summed E-state index contributed by atoms with van der Waals surface area (Å²) >= 11 is 0. The molecule has 4 fully saturated rings. The minimum atomic E-state index is -0.516. The second-order valence-corrected chi connectivity index (χ2v) is 9.98. The first-order valence-corrected chi connectivity index (χ1v) is 10.1. The Morgan fingerprint density at radius 3 is 2.52 bits per heavy atom. The van der Waals surface area contributed by atoms with Crippen LogP contribution in [0.2, 0.25) is 0 Å². The third-order valence-electron chi connectivity index (χ3n) is 8.87. The molecule has 0 saturated heterocycles. The van der Waals surface area contributed by atoms with Crippen LogP contribution in [0.25, 0.3) is 0 Å². The molecule has 4 saturated carbocycles. The molecule has 9 atom stereocenters. The van der Waals surface area contributed by atoms with Gasteiger partial charge in [-0.15, -0.1) is 0 Å². The predicted octanol–water partition coefficient (Wildman–Crippen LogP) is 2.75. The zero-order valence-corrected chi connectivity index (χ0v) is 15.7. The maximum atomic E-state index is 13.2. The van der Waals surface area contributed by atoms with Crippen molar-refractivity contribution >= 4 is 11.6 Å². The van der Waals surface area contributed by atoms with Crippen LogP contribution < -0.4 is 0 Å². The van der Waals surface area contributed by atoms with E-state index in [-0.39, 0.29) is 58.1 Å². The molecule has 25 heavy (non-hydrogen) atoms. The molecule has 0 aromatic carbocycles. The Balaban J connectivity index is 1.73. The van der Waals surface area contributed by atoms with E-state index in [1.165, 1.54) is 0 Å². The molecule has 0 spiro atoms. The predicted molar refractivity (Wildman–Crippen MR) is 93.7 cm³/mol. The van der Waals surface area contributed by atoms with Crippen molar-refractivity contribution in [3.63, 3.8) is 0 Å². The van der Waals surface area contributed by atoms with Gasteiger partial charge >= 0.3 is 0 Å². The number of ketones is 2. The van der Waals surface area contributed by atoms with Gasteiger partial charge in [-0.1, -0.05) is 13.8 Å². The number of hydrogen-bond donors (Lipinski definition) is 2. The van der Waals surface area contributed by atoms with Gasteiger partial charge in [0.2, 0.25) is 0 Å². The van der Waals surface area contributed by atoms with Crippen LogP contribution in [-0.4, -0.2) is 34.0 Å². The fourth-order valence-electron chi connectivity index (χ4n) is 7.69. The number of fused-ring (bicyclic) bond motifs is 5. The molecule has 4 aliphatic rings. The Morgan fingerprint density at radius 2 is 1.84 bits per heavy atom. The van der Waals surface area contributed by atoms with Crippen molar-refractivity contribution in [1.82, 2.24) is 0 Å². The van der Waals surface area contributed by atoms with Gasteiger partial charge in [-0.25, -0.2) is 0 Å². The third kappa shape index (κ3) is 2.32. The maximum Gasteiger partial charge on any atom is 0.136 e. The topological polar surface area (TPSA) is 74.6 Å². The molecule has 0 unspecified atom stereocenters. The minimum Gasteiger partial charge on any atom is -0.393 e. The van der Waals surface area contributed by atoms with Crippen molar-refractivity contribution < 1.29 is 19.8 Å².